The zero-order valence-electron chi connectivity index (χ0n) is 12.2. The van der Waals surface area contributed by atoms with Gasteiger partial charge in [0.2, 0.25) is 0 Å². The SMILES string of the molecule is CCCNc1cc(C2CC2)nc2c(CC)cc(Br)cc12. The lowest BCUT2D eigenvalue weighted by Crippen LogP contribution is -2.03. The first-order valence-corrected chi connectivity index (χ1v) is 8.39. The number of pyridine rings is 1. The molecule has 0 unspecified atom stereocenters. The van der Waals surface area contributed by atoms with Crippen molar-refractivity contribution in [1.29, 1.82) is 0 Å². The molecule has 0 bridgehead atoms. The topological polar surface area (TPSA) is 24.9 Å². The Morgan fingerprint density at radius 3 is 2.70 bits per heavy atom. The van der Waals surface area contributed by atoms with E-state index in [1.54, 1.807) is 0 Å². The van der Waals surface area contributed by atoms with Gasteiger partial charge in [0.25, 0.3) is 0 Å². The van der Waals surface area contributed by atoms with Crippen LogP contribution < -0.4 is 5.32 Å². The molecule has 1 N–H and O–H groups in total. The highest BCUT2D eigenvalue weighted by Gasteiger charge is 2.26. The van der Waals surface area contributed by atoms with Crippen molar-refractivity contribution in [3.8, 4) is 0 Å². The van der Waals surface area contributed by atoms with Crippen LogP contribution in [0.25, 0.3) is 10.9 Å². The number of nitrogens with one attached hydrogen (secondary N) is 1. The molecule has 1 saturated carbocycles. The molecule has 0 aliphatic heterocycles. The van der Waals surface area contributed by atoms with Crippen LogP contribution in [0.3, 0.4) is 0 Å². The van der Waals surface area contributed by atoms with Crippen molar-refractivity contribution >= 4 is 32.5 Å². The normalized spacial score (nSPS) is 14.8. The van der Waals surface area contributed by atoms with Crippen molar-refractivity contribution in [2.75, 3.05) is 11.9 Å². The number of aromatic nitrogens is 1. The van der Waals surface area contributed by atoms with E-state index < -0.39 is 0 Å². The first-order valence-electron chi connectivity index (χ1n) is 7.59. The maximum absolute atomic E-state index is 4.96. The molecule has 1 heterocycles. The lowest BCUT2D eigenvalue weighted by molar-refractivity contribution is 0.975. The van der Waals surface area contributed by atoms with Gasteiger partial charge in [-0.2, -0.15) is 0 Å². The van der Waals surface area contributed by atoms with Crippen molar-refractivity contribution in [3.63, 3.8) is 0 Å². The molecule has 106 valence electrons. The standard InChI is InChI=1S/C17H21BrN2/c1-3-7-19-16-10-15(12-5-6-12)20-17-11(4-2)8-13(18)9-14(16)17/h8-10,12H,3-7H2,1-2H3,(H,19,20). The Morgan fingerprint density at radius 2 is 2.05 bits per heavy atom. The molecule has 0 saturated heterocycles. The lowest BCUT2D eigenvalue weighted by Gasteiger charge is -2.14. The Balaban J connectivity index is 2.19. The molecular weight excluding hydrogens is 312 g/mol. The first kappa shape index (κ1) is 13.9. The molecule has 0 radical (unpaired) electrons. The van der Waals surface area contributed by atoms with E-state index in [-0.39, 0.29) is 0 Å². The van der Waals surface area contributed by atoms with Gasteiger partial charge >= 0.3 is 0 Å². The monoisotopic (exact) mass is 332 g/mol. The molecule has 1 aliphatic rings. The van der Waals surface area contributed by atoms with E-state index in [4.69, 9.17) is 4.98 Å². The molecule has 3 rings (SSSR count). The molecule has 2 nitrogen and oxygen atoms in total. The summed E-state index contributed by atoms with van der Waals surface area (Å²) in [5, 5.41) is 4.82. The van der Waals surface area contributed by atoms with Crippen LogP contribution in [0.15, 0.2) is 22.7 Å². The fourth-order valence-corrected chi connectivity index (χ4v) is 3.15. The van der Waals surface area contributed by atoms with E-state index in [1.165, 1.54) is 40.7 Å². The number of rotatable bonds is 5. The number of hydrogen-bond acceptors (Lipinski definition) is 2. The smallest absolute Gasteiger partial charge is 0.0758 e. The van der Waals surface area contributed by atoms with Gasteiger partial charge in [0.15, 0.2) is 0 Å². The van der Waals surface area contributed by atoms with E-state index in [0.29, 0.717) is 5.92 Å². The Hall–Kier alpha value is -1.09. The minimum Gasteiger partial charge on any atom is -0.384 e. The molecule has 0 spiro atoms. The Morgan fingerprint density at radius 1 is 1.25 bits per heavy atom. The molecule has 3 heteroatoms. The van der Waals surface area contributed by atoms with Crippen LogP contribution in [0.1, 0.15) is 50.3 Å². The fraction of sp³-hybridized carbons (Fsp3) is 0.471. The minimum absolute atomic E-state index is 0.690. The van der Waals surface area contributed by atoms with E-state index >= 15 is 0 Å². The predicted octanol–water partition coefficient (Wildman–Crippen LogP) is 5.26. The summed E-state index contributed by atoms with van der Waals surface area (Å²) < 4.78 is 1.14. The van der Waals surface area contributed by atoms with Gasteiger partial charge in [-0.3, -0.25) is 4.98 Å². The quantitative estimate of drug-likeness (QED) is 0.807. The predicted molar refractivity (Wildman–Crippen MR) is 89.6 cm³/mol. The Bertz CT molecular complexity index is 632. The van der Waals surface area contributed by atoms with Crippen molar-refractivity contribution in [3.05, 3.63) is 33.9 Å². The summed E-state index contributed by atoms with van der Waals surface area (Å²) in [5.41, 5.74) is 5.03. The van der Waals surface area contributed by atoms with Crippen molar-refractivity contribution in [2.45, 2.75) is 45.4 Å². The fourth-order valence-electron chi connectivity index (χ4n) is 2.64. The summed E-state index contributed by atoms with van der Waals surface area (Å²) >= 11 is 3.63. The molecular formula is C17H21BrN2. The van der Waals surface area contributed by atoms with Gasteiger partial charge < -0.3 is 5.32 Å². The zero-order chi connectivity index (χ0) is 14.1. The molecule has 1 aliphatic carbocycles. The van der Waals surface area contributed by atoms with Crippen LogP contribution in [-0.2, 0) is 6.42 Å². The highest BCUT2D eigenvalue weighted by atomic mass is 79.9. The molecule has 20 heavy (non-hydrogen) atoms. The maximum atomic E-state index is 4.96. The first-order chi connectivity index (χ1) is 9.72. The molecule has 2 aromatic rings. The number of nitrogens with zero attached hydrogens (tertiary/aromatic N) is 1. The summed E-state index contributed by atoms with van der Waals surface area (Å²) in [7, 11) is 0. The zero-order valence-corrected chi connectivity index (χ0v) is 13.8. The second kappa shape index (κ2) is 5.72. The molecule has 0 amide bonds. The van der Waals surface area contributed by atoms with Crippen LogP contribution >= 0.6 is 15.9 Å². The number of anilines is 1. The van der Waals surface area contributed by atoms with Gasteiger partial charge in [-0.25, -0.2) is 0 Å². The van der Waals surface area contributed by atoms with Crippen LogP contribution in [0, 0.1) is 0 Å². The number of benzene rings is 1. The van der Waals surface area contributed by atoms with Gasteiger partial charge in [0.05, 0.1) is 5.52 Å². The van der Waals surface area contributed by atoms with E-state index in [1.807, 2.05) is 0 Å². The number of fused-ring (bicyclic) bond motifs is 1. The summed E-state index contributed by atoms with van der Waals surface area (Å²) in [6.07, 6.45) is 4.74. The van der Waals surface area contributed by atoms with Crippen molar-refractivity contribution in [1.82, 2.24) is 4.98 Å². The molecule has 1 fully saturated rings. The molecule has 0 atom stereocenters. The van der Waals surface area contributed by atoms with Gasteiger partial charge in [-0.1, -0.05) is 29.8 Å². The lowest BCUT2D eigenvalue weighted by atomic mass is 10.0. The van der Waals surface area contributed by atoms with Crippen molar-refractivity contribution < 1.29 is 0 Å². The van der Waals surface area contributed by atoms with E-state index in [9.17, 15) is 0 Å². The highest BCUT2D eigenvalue weighted by Crippen LogP contribution is 2.41. The molecule has 1 aromatic heterocycles. The summed E-state index contributed by atoms with van der Waals surface area (Å²) in [6.45, 7) is 5.41. The minimum atomic E-state index is 0.690. The number of hydrogen-bond donors (Lipinski definition) is 1. The third-order valence-corrected chi connectivity index (χ3v) is 4.38. The van der Waals surface area contributed by atoms with Gasteiger partial charge in [0.1, 0.15) is 0 Å². The second-order valence-corrected chi connectivity index (χ2v) is 6.53. The largest absolute Gasteiger partial charge is 0.384 e. The number of halogens is 1. The van der Waals surface area contributed by atoms with Gasteiger partial charge in [0, 0.05) is 33.7 Å². The van der Waals surface area contributed by atoms with Crippen LogP contribution in [0.4, 0.5) is 5.69 Å². The molecule has 1 aromatic carbocycles. The van der Waals surface area contributed by atoms with E-state index in [2.05, 4.69) is 53.3 Å². The highest BCUT2D eigenvalue weighted by molar-refractivity contribution is 9.10. The summed E-state index contributed by atoms with van der Waals surface area (Å²) in [6, 6.07) is 6.66. The van der Waals surface area contributed by atoms with Crippen LogP contribution in [0.5, 0.6) is 0 Å². The Labute approximate surface area is 129 Å². The van der Waals surface area contributed by atoms with Crippen molar-refractivity contribution in [2.24, 2.45) is 0 Å². The third kappa shape index (κ3) is 2.69. The van der Waals surface area contributed by atoms with Crippen LogP contribution in [-0.4, -0.2) is 11.5 Å². The van der Waals surface area contributed by atoms with Gasteiger partial charge in [-0.15, -0.1) is 0 Å². The Kier molecular flexibility index (Phi) is 3.97. The average Bonchev–Trinajstić information content (AvgIpc) is 3.28. The van der Waals surface area contributed by atoms with Gasteiger partial charge in [-0.05, 0) is 49.4 Å². The third-order valence-electron chi connectivity index (χ3n) is 3.92. The maximum Gasteiger partial charge on any atom is 0.0758 e. The summed E-state index contributed by atoms with van der Waals surface area (Å²) in [4.78, 5) is 4.96. The number of aryl methyl sites for hydroxylation is 1. The second-order valence-electron chi connectivity index (χ2n) is 5.61. The van der Waals surface area contributed by atoms with Crippen LogP contribution in [0.2, 0.25) is 0 Å². The summed E-state index contributed by atoms with van der Waals surface area (Å²) in [5.74, 6) is 0.690. The average molecular weight is 333 g/mol. The van der Waals surface area contributed by atoms with E-state index in [0.717, 1.165) is 23.9 Å².